The van der Waals surface area contributed by atoms with Gasteiger partial charge in [0.2, 0.25) is 5.91 Å². The van der Waals surface area contributed by atoms with Gasteiger partial charge >= 0.3 is 0 Å². The quantitative estimate of drug-likeness (QED) is 0.400. The van der Waals surface area contributed by atoms with Crippen LogP contribution in [-0.2, 0) is 21.4 Å². The number of carbonyl (C=O) groups excluding carboxylic acids is 3. The molecule has 0 unspecified atom stereocenters. The number of aryl methyl sites for hydroxylation is 1. The van der Waals surface area contributed by atoms with Crippen LogP contribution in [0.2, 0.25) is 0 Å². The molecular formula is C34H34N2O3. The van der Waals surface area contributed by atoms with Crippen molar-refractivity contribution in [2.24, 2.45) is 11.3 Å². The van der Waals surface area contributed by atoms with Gasteiger partial charge in [-0.1, -0.05) is 101 Å². The van der Waals surface area contributed by atoms with E-state index in [4.69, 9.17) is 0 Å². The van der Waals surface area contributed by atoms with Crippen LogP contribution in [0.4, 0.5) is 5.69 Å². The summed E-state index contributed by atoms with van der Waals surface area (Å²) in [5.74, 6) is -1.36. The molecule has 39 heavy (non-hydrogen) atoms. The third-order valence-corrected chi connectivity index (χ3v) is 8.64. The number of nitrogens with zero attached hydrogens (tertiary/aromatic N) is 1. The molecule has 198 valence electrons. The van der Waals surface area contributed by atoms with E-state index in [1.54, 1.807) is 0 Å². The fraction of sp³-hybridized carbons (Fsp3) is 0.324. The largest absolute Gasteiger partial charge is 0.358 e. The third kappa shape index (κ3) is 3.63. The van der Waals surface area contributed by atoms with Crippen LogP contribution < -0.4 is 5.32 Å². The van der Waals surface area contributed by atoms with Crippen molar-refractivity contribution in [3.05, 3.63) is 107 Å². The Hall–Kier alpha value is -3.99. The molecule has 0 radical (unpaired) electrons. The van der Waals surface area contributed by atoms with Crippen LogP contribution in [0.3, 0.4) is 0 Å². The third-order valence-electron chi connectivity index (χ3n) is 8.64. The maximum Gasteiger partial charge on any atom is 0.238 e. The van der Waals surface area contributed by atoms with Crippen molar-refractivity contribution in [3.63, 3.8) is 0 Å². The number of nitrogens with one attached hydrogen (secondary N) is 1. The zero-order valence-electron chi connectivity index (χ0n) is 22.9. The second-order valence-electron chi connectivity index (χ2n) is 12.0. The molecule has 4 atom stereocenters. The molecule has 5 nitrogen and oxygen atoms in total. The first-order valence-corrected chi connectivity index (χ1v) is 13.8. The Morgan fingerprint density at radius 1 is 0.949 bits per heavy atom. The van der Waals surface area contributed by atoms with E-state index in [1.165, 1.54) is 0 Å². The van der Waals surface area contributed by atoms with Gasteiger partial charge in [0.15, 0.2) is 11.6 Å². The van der Waals surface area contributed by atoms with Crippen molar-refractivity contribution in [1.29, 1.82) is 0 Å². The van der Waals surface area contributed by atoms with Gasteiger partial charge in [-0.15, -0.1) is 0 Å². The molecule has 1 N–H and O–H groups in total. The Kier molecular flexibility index (Phi) is 5.87. The number of rotatable bonds is 5. The fourth-order valence-electron chi connectivity index (χ4n) is 6.92. The Labute approximate surface area is 229 Å². The van der Waals surface area contributed by atoms with Gasteiger partial charge in [-0.2, -0.15) is 0 Å². The summed E-state index contributed by atoms with van der Waals surface area (Å²) >= 11 is 0. The molecule has 5 heteroatoms. The molecule has 0 aliphatic carbocycles. The number of Topliss-reactive ketones (excluding diaryl/α,β-unsaturated/α-hetero) is 2. The molecule has 0 saturated carbocycles. The molecule has 1 fully saturated rings. The second kappa shape index (κ2) is 9.04. The Balaban J connectivity index is 1.64. The number of carbonyl (C=O) groups is 3. The minimum atomic E-state index is -1.28. The SMILES string of the molecule is CCCc1ccc(C(=O)[C@H]2[C@@H](C(=O)C(C)(C)C)N3C=Cc4ccccc4[C@@H]3[C@]23C(=O)Nc2ccccc23)cc1. The number of benzene rings is 3. The van der Waals surface area contributed by atoms with Gasteiger partial charge in [0.1, 0.15) is 5.41 Å². The summed E-state index contributed by atoms with van der Waals surface area (Å²) < 4.78 is 0. The normalized spacial score (nSPS) is 24.8. The molecule has 1 saturated heterocycles. The number of fused-ring (bicyclic) bond motifs is 6. The predicted octanol–water partition coefficient (Wildman–Crippen LogP) is 6.35. The van der Waals surface area contributed by atoms with Gasteiger partial charge in [0.05, 0.1) is 18.0 Å². The average molecular weight is 519 g/mol. The number of hydrogen-bond donors (Lipinski definition) is 1. The number of ketones is 2. The highest BCUT2D eigenvalue weighted by Crippen LogP contribution is 2.62. The summed E-state index contributed by atoms with van der Waals surface area (Å²) in [6.45, 7) is 7.80. The lowest BCUT2D eigenvalue weighted by molar-refractivity contribution is -0.131. The molecule has 1 spiro atoms. The number of hydrogen-bond acceptors (Lipinski definition) is 4. The van der Waals surface area contributed by atoms with Gasteiger partial charge in [-0.3, -0.25) is 14.4 Å². The van der Waals surface area contributed by atoms with Gasteiger partial charge in [-0.05, 0) is 40.8 Å². The molecule has 0 bridgehead atoms. The van der Waals surface area contributed by atoms with E-state index in [2.05, 4.69) is 12.2 Å². The summed E-state index contributed by atoms with van der Waals surface area (Å²) in [6.07, 6.45) is 5.86. The first-order valence-electron chi connectivity index (χ1n) is 13.8. The predicted molar refractivity (Wildman–Crippen MR) is 153 cm³/mol. The Bertz CT molecular complexity index is 1510. The van der Waals surface area contributed by atoms with E-state index in [9.17, 15) is 14.4 Å². The Morgan fingerprint density at radius 3 is 2.36 bits per heavy atom. The van der Waals surface area contributed by atoms with Crippen molar-refractivity contribution in [1.82, 2.24) is 4.90 Å². The summed E-state index contributed by atoms with van der Waals surface area (Å²) in [7, 11) is 0. The van der Waals surface area contributed by atoms with E-state index >= 15 is 0 Å². The van der Waals surface area contributed by atoms with Crippen LogP contribution in [0.5, 0.6) is 0 Å². The van der Waals surface area contributed by atoms with Crippen LogP contribution in [0.1, 0.15) is 72.8 Å². The van der Waals surface area contributed by atoms with Crippen LogP contribution in [0.25, 0.3) is 6.08 Å². The maximum atomic E-state index is 14.7. The zero-order valence-corrected chi connectivity index (χ0v) is 22.9. The lowest BCUT2D eigenvalue weighted by Gasteiger charge is -2.38. The highest BCUT2D eigenvalue weighted by atomic mass is 16.2. The van der Waals surface area contributed by atoms with Gasteiger partial charge in [0, 0.05) is 22.9 Å². The lowest BCUT2D eigenvalue weighted by atomic mass is 9.62. The van der Waals surface area contributed by atoms with Crippen molar-refractivity contribution >= 4 is 29.2 Å². The fourth-order valence-corrected chi connectivity index (χ4v) is 6.92. The van der Waals surface area contributed by atoms with Crippen molar-refractivity contribution < 1.29 is 14.4 Å². The summed E-state index contributed by atoms with van der Waals surface area (Å²) in [5, 5.41) is 3.10. The van der Waals surface area contributed by atoms with E-state index in [0.29, 0.717) is 11.3 Å². The Morgan fingerprint density at radius 2 is 1.64 bits per heavy atom. The minimum Gasteiger partial charge on any atom is -0.358 e. The molecule has 3 aromatic rings. The van der Waals surface area contributed by atoms with Crippen LogP contribution in [0, 0.1) is 11.3 Å². The zero-order chi connectivity index (χ0) is 27.5. The second-order valence-corrected chi connectivity index (χ2v) is 12.0. The molecular weight excluding hydrogens is 484 g/mol. The summed E-state index contributed by atoms with van der Waals surface area (Å²) in [6, 6.07) is 22.0. The topological polar surface area (TPSA) is 66.5 Å². The first-order chi connectivity index (χ1) is 18.7. The van der Waals surface area contributed by atoms with E-state index in [1.807, 2.05) is 111 Å². The van der Waals surface area contributed by atoms with E-state index in [-0.39, 0.29) is 17.5 Å². The lowest BCUT2D eigenvalue weighted by Crippen LogP contribution is -2.50. The van der Waals surface area contributed by atoms with Crippen LogP contribution in [0.15, 0.2) is 79.0 Å². The average Bonchev–Trinajstić information content (AvgIpc) is 3.40. The standard InChI is InChI=1S/C34H34N2O3/c1-5-10-21-15-17-23(18-16-21)29(37)27-28(31(38)33(2,3)4)36-20-19-22-11-6-7-12-24(22)30(36)34(27)25-13-8-9-14-26(25)35-32(34)39/h6-9,11-20,27-28,30H,5,10H2,1-4H3,(H,35,39)/t27-,28+,30-,34-/m1/s1. The first kappa shape index (κ1) is 25.3. The summed E-state index contributed by atoms with van der Waals surface area (Å²) in [5.41, 5.74) is 3.12. The molecule has 3 aromatic carbocycles. The van der Waals surface area contributed by atoms with Gasteiger partial charge in [-0.25, -0.2) is 0 Å². The number of anilines is 1. The molecule has 3 aliphatic rings. The highest BCUT2D eigenvalue weighted by Gasteiger charge is 2.71. The van der Waals surface area contributed by atoms with Crippen LogP contribution >= 0.6 is 0 Å². The molecule has 3 aliphatic heterocycles. The smallest absolute Gasteiger partial charge is 0.238 e. The van der Waals surface area contributed by atoms with Crippen molar-refractivity contribution in [3.8, 4) is 0 Å². The molecule has 1 amide bonds. The molecule has 6 rings (SSSR count). The van der Waals surface area contributed by atoms with Gasteiger partial charge < -0.3 is 10.2 Å². The van der Waals surface area contributed by atoms with Crippen molar-refractivity contribution in [2.75, 3.05) is 5.32 Å². The molecule has 0 aromatic heterocycles. The summed E-state index contributed by atoms with van der Waals surface area (Å²) in [4.78, 5) is 45.5. The number of para-hydroxylation sites is 1. The monoisotopic (exact) mass is 518 g/mol. The number of amides is 1. The highest BCUT2D eigenvalue weighted by molar-refractivity contribution is 6.15. The molecule has 3 heterocycles. The van der Waals surface area contributed by atoms with Crippen molar-refractivity contribution in [2.45, 2.75) is 58.0 Å². The maximum absolute atomic E-state index is 14.7. The van der Waals surface area contributed by atoms with E-state index < -0.39 is 28.8 Å². The van der Waals surface area contributed by atoms with E-state index in [0.717, 1.165) is 35.1 Å². The minimum absolute atomic E-state index is 0.0495. The van der Waals surface area contributed by atoms with Crippen LogP contribution in [-0.4, -0.2) is 28.4 Å². The van der Waals surface area contributed by atoms with Gasteiger partial charge in [0.25, 0.3) is 0 Å².